The van der Waals surface area contributed by atoms with Crippen molar-refractivity contribution in [3.05, 3.63) is 35.6 Å². The number of hydrogen-bond donors (Lipinski definition) is 1. The molecule has 2 aromatic rings. The zero-order valence-electron chi connectivity index (χ0n) is 9.69. The predicted octanol–water partition coefficient (Wildman–Crippen LogP) is 3.48. The number of benzene rings is 1. The molecule has 1 aromatic heterocycles. The molecule has 1 N–H and O–H groups in total. The Morgan fingerprint density at radius 1 is 1.19 bits per heavy atom. The first-order valence-corrected chi connectivity index (χ1v) is 5.35. The van der Waals surface area contributed by atoms with Crippen LogP contribution in [0.5, 0.6) is 5.75 Å². The van der Waals surface area contributed by atoms with Gasteiger partial charge in [-0.2, -0.15) is 0 Å². The third-order valence-electron chi connectivity index (χ3n) is 2.68. The van der Waals surface area contributed by atoms with Crippen molar-refractivity contribution in [2.45, 2.75) is 26.7 Å². The molecule has 0 fully saturated rings. The van der Waals surface area contributed by atoms with E-state index >= 15 is 0 Å². The summed E-state index contributed by atoms with van der Waals surface area (Å²) >= 11 is 0. The standard InChI is InChI=1S/C13H15NO2/c1-8(2)10-4-6-11(7-5-10)12-13(15)9(3)16-14-12/h4-8,15H,1-3H3. The zero-order valence-corrected chi connectivity index (χ0v) is 9.69. The van der Waals surface area contributed by atoms with Crippen LogP contribution in [0.1, 0.15) is 31.1 Å². The SMILES string of the molecule is Cc1onc(-c2ccc(C(C)C)cc2)c1O. The smallest absolute Gasteiger partial charge is 0.186 e. The minimum Gasteiger partial charge on any atom is -0.503 e. The summed E-state index contributed by atoms with van der Waals surface area (Å²) in [4.78, 5) is 0. The Hall–Kier alpha value is -1.77. The molecule has 0 bridgehead atoms. The van der Waals surface area contributed by atoms with E-state index in [1.165, 1.54) is 5.56 Å². The Morgan fingerprint density at radius 2 is 1.81 bits per heavy atom. The van der Waals surface area contributed by atoms with Gasteiger partial charge in [-0.25, -0.2) is 0 Å². The number of aromatic nitrogens is 1. The number of nitrogens with zero attached hydrogens (tertiary/aromatic N) is 1. The van der Waals surface area contributed by atoms with Gasteiger partial charge >= 0.3 is 0 Å². The average Bonchev–Trinajstić information content (AvgIpc) is 2.60. The van der Waals surface area contributed by atoms with E-state index in [1.807, 2.05) is 24.3 Å². The zero-order chi connectivity index (χ0) is 11.7. The lowest BCUT2D eigenvalue weighted by atomic mass is 10.0. The van der Waals surface area contributed by atoms with Gasteiger partial charge in [-0.1, -0.05) is 43.3 Å². The van der Waals surface area contributed by atoms with E-state index in [0.717, 1.165) is 5.56 Å². The highest BCUT2D eigenvalue weighted by atomic mass is 16.5. The van der Waals surface area contributed by atoms with Crippen LogP contribution in [0.4, 0.5) is 0 Å². The van der Waals surface area contributed by atoms with Crippen molar-refractivity contribution >= 4 is 0 Å². The van der Waals surface area contributed by atoms with Crippen LogP contribution in [-0.4, -0.2) is 10.3 Å². The molecule has 0 atom stereocenters. The minimum absolute atomic E-state index is 0.122. The summed E-state index contributed by atoms with van der Waals surface area (Å²) in [6, 6.07) is 7.99. The summed E-state index contributed by atoms with van der Waals surface area (Å²) in [6.45, 7) is 5.98. The van der Waals surface area contributed by atoms with Crippen molar-refractivity contribution in [1.82, 2.24) is 5.16 Å². The number of hydrogen-bond acceptors (Lipinski definition) is 3. The quantitative estimate of drug-likeness (QED) is 0.837. The molecule has 2 rings (SSSR count). The minimum atomic E-state index is 0.122. The van der Waals surface area contributed by atoms with E-state index in [-0.39, 0.29) is 5.75 Å². The van der Waals surface area contributed by atoms with Gasteiger partial charge in [0.15, 0.2) is 17.2 Å². The van der Waals surface area contributed by atoms with E-state index in [1.54, 1.807) is 6.92 Å². The second-order valence-corrected chi connectivity index (χ2v) is 4.21. The molecular formula is C13H15NO2. The summed E-state index contributed by atoms with van der Waals surface area (Å²) in [6.07, 6.45) is 0. The summed E-state index contributed by atoms with van der Waals surface area (Å²) < 4.78 is 4.93. The molecule has 3 nitrogen and oxygen atoms in total. The fourth-order valence-corrected chi connectivity index (χ4v) is 1.58. The molecule has 0 aliphatic heterocycles. The Bertz CT molecular complexity index is 483. The molecule has 0 saturated carbocycles. The fourth-order valence-electron chi connectivity index (χ4n) is 1.58. The van der Waals surface area contributed by atoms with Crippen molar-refractivity contribution in [2.24, 2.45) is 0 Å². The molecule has 0 spiro atoms. The van der Waals surface area contributed by atoms with Crippen LogP contribution >= 0.6 is 0 Å². The van der Waals surface area contributed by atoms with Crippen molar-refractivity contribution < 1.29 is 9.63 Å². The van der Waals surface area contributed by atoms with Crippen LogP contribution in [-0.2, 0) is 0 Å². The topological polar surface area (TPSA) is 46.3 Å². The maximum Gasteiger partial charge on any atom is 0.186 e. The third kappa shape index (κ3) is 1.81. The number of rotatable bonds is 2. The summed E-state index contributed by atoms with van der Waals surface area (Å²) in [5.41, 5.74) is 2.65. The van der Waals surface area contributed by atoms with E-state index < -0.39 is 0 Å². The van der Waals surface area contributed by atoms with Crippen molar-refractivity contribution in [3.63, 3.8) is 0 Å². The summed E-state index contributed by atoms with van der Waals surface area (Å²) in [5, 5.41) is 13.5. The molecule has 0 aliphatic carbocycles. The van der Waals surface area contributed by atoms with Gasteiger partial charge in [-0.15, -0.1) is 0 Å². The van der Waals surface area contributed by atoms with Gasteiger partial charge in [0.05, 0.1) is 0 Å². The van der Waals surface area contributed by atoms with Gasteiger partial charge in [0, 0.05) is 12.5 Å². The van der Waals surface area contributed by atoms with Gasteiger partial charge in [-0.05, 0) is 11.5 Å². The molecule has 84 valence electrons. The second-order valence-electron chi connectivity index (χ2n) is 4.21. The molecule has 0 saturated heterocycles. The average molecular weight is 217 g/mol. The van der Waals surface area contributed by atoms with Crippen LogP contribution in [0.3, 0.4) is 0 Å². The molecule has 0 amide bonds. The fraction of sp³-hybridized carbons (Fsp3) is 0.308. The van der Waals surface area contributed by atoms with Crippen molar-refractivity contribution in [2.75, 3.05) is 0 Å². The molecule has 0 radical (unpaired) electrons. The third-order valence-corrected chi connectivity index (χ3v) is 2.68. The molecule has 1 heterocycles. The molecule has 3 heteroatoms. The van der Waals surface area contributed by atoms with Crippen molar-refractivity contribution in [3.8, 4) is 17.0 Å². The highest BCUT2D eigenvalue weighted by molar-refractivity contribution is 5.66. The molecule has 1 aromatic carbocycles. The molecule has 0 aliphatic rings. The maximum absolute atomic E-state index is 9.71. The normalized spacial score (nSPS) is 11.0. The van der Waals surface area contributed by atoms with Gasteiger partial charge < -0.3 is 9.63 Å². The first kappa shape index (κ1) is 10.7. The Kier molecular flexibility index (Phi) is 2.69. The summed E-state index contributed by atoms with van der Waals surface area (Å²) in [5.74, 6) is 1.07. The largest absolute Gasteiger partial charge is 0.503 e. The lowest BCUT2D eigenvalue weighted by Crippen LogP contribution is -1.86. The first-order chi connectivity index (χ1) is 7.59. The lowest BCUT2D eigenvalue weighted by Gasteiger charge is -2.05. The predicted molar refractivity (Wildman–Crippen MR) is 62.4 cm³/mol. The molecule has 0 unspecified atom stereocenters. The lowest BCUT2D eigenvalue weighted by molar-refractivity contribution is 0.384. The van der Waals surface area contributed by atoms with Gasteiger partial charge in [0.25, 0.3) is 0 Å². The molecule has 16 heavy (non-hydrogen) atoms. The Morgan fingerprint density at radius 3 is 2.25 bits per heavy atom. The van der Waals surface area contributed by atoms with Crippen LogP contribution in [0.2, 0.25) is 0 Å². The number of aromatic hydroxyl groups is 1. The molecular weight excluding hydrogens is 202 g/mol. The Balaban J connectivity index is 2.38. The van der Waals surface area contributed by atoms with E-state index in [2.05, 4.69) is 19.0 Å². The van der Waals surface area contributed by atoms with E-state index in [9.17, 15) is 5.11 Å². The number of aryl methyl sites for hydroxylation is 1. The van der Waals surface area contributed by atoms with Crippen LogP contribution in [0.15, 0.2) is 28.8 Å². The highest BCUT2D eigenvalue weighted by Crippen LogP contribution is 2.31. The second kappa shape index (κ2) is 4.00. The van der Waals surface area contributed by atoms with Crippen LogP contribution < -0.4 is 0 Å². The highest BCUT2D eigenvalue weighted by Gasteiger charge is 2.13. The van der Waals surface area contributed by atoms with Gasteiger partial charge in [0.2, 0.25) is 0 Å². The van der Waals surface area contributed by atoms with E-state index in [4.69, 9.17) is 4.52 Å². The van der Waals surface area contributed by atoms with Gasteiger partial charge in [0.1, 0.15) is 0 Å². The van der Waals surface area contributed by atoms with Crippen LogP contribution in [0, 0.1) is 6.92 Å². The van der Waals surface area contributed by atoms with Crippen molar-refractivity contribution in [1.29, 1.82) is 0 Å². The Labute approximate surface area is 94.7 Å². The summed E-state index contributed by atoms with van der Waals surface area (Å²) in [7, 11) is 0. The first-order valence-electron chi connectivity index (χ1n) is 5.35. The van der Waals surface area contributed by atoms with Gasteiger partial charge in [-0.3, -0.25) is 0 Å². The van der Waals surface area contributed by atoms with E-state index in [0.29, 0.717) is 17.4 Å². The van der Waals surface area contributed by atoms with Crippen LogP contribution in [0.25, 0.3) is 11.3 Å². The monoisotopic (exact) mass is 217 g/mol. The maximum atomic E-state index is 9.71.